The fourth-order valence-corrected chi connectivity index (χ4v) is 2.50. The van der Waals surface area contributed by atoms with E-state index in [0.717, 1.165) is 11.1 Å². The van der Waals surface area contributed by atoms with Crippen LogP contribution in [-0.2, 0) is 0 Å². The maximum absolute atomic E-state index is 12.2. The van der Waals surface area contributed by atoms with Gasteiger partial charge in [0.25, 0.3) is 0 Å². The van der Waals surface area contributed by atoms with E-state index in [4.69, 9.17) is 23.2 Å². The molecule has 0 unspecified atom stereocenters. The fourth-order valence-electron chi connectivity index (χ4n) is 1.85. The number of rotatable bonds is 3. The molecule has 0 amide bonds. The number of aryl methyl sites for hydroxylation is 2. The van der Waals surface area contributed by atoms with Crippen LogP contribution in [0.5, 0.6) is 0 Å². The summed E-state index contributed by atoms with van der Waals surface area (Å²) in [5.41, 5.74) is 2.23. The van der Waals surface area contributed by atoms with Gasteiger partial charge in [-0.2, -0.15) is 0 Å². The highest BCUT2D eigenvalue weighted by atomic mass is 35.5. The van der Waals surface area contributed by atoms with E-state index in [9.17, 15) is 9.59 Å². The zero-order valence-corrected chi connectivity index (χ0v) is 12.5. The fraction of sp³-hybridized carbons (Fsp3) is 0.125. The maximum atomic E-state index is 12.2. The number of carbonyl (C=O) groups excluding carboxylic acids is 2. The molecular weight excluding hydrogens is 295 g/mol. The molecule has 0 heterocycles. The summed E-state index contributed by atoms with van der Waals surface area (Å²) in [4.78, 5) is 24.4. The van der Waals surface area contributed by atoms with E-state index in [0.29, 0.717) is 0 Å². The molecule has 2 aromatic carbocycles. The SMILES string of the molecule is Cc1ccc(C(=O)C(=O)c2ccc(C)cc2Cl)c(Cl)c1. The first kappa shape index (κ1) is 14.8. The first-order valence-corrected chi connectivity index (χ1v) is 6.77. The molecule has 0 aliphatic carbocycles. The Morgan fingerprint density at radius 1 is 0.750 bits per heavy atom. The van der Waals surface area contributed by atoms with Crippen molar-refractivity contribution in [2.75, 3.05) is 0 Å². The number of carbonyl (C=O) groups is 2. The van der Waals surface area contributed by atoms with Crippen LogP contribution < -0.4 is 0 Å². The summed E-state index contributed by atoms with van der Waals surface area (Å²) in [7, 11) is 0. The summed E-state index contributed by atoms with van der Waals surface area (Å²) in [6.07, 6.45) is 0. The summed E-state index contributed by atoms with van der Waals surface area (Å²) in [5, 5.41) is 0.540. The van der Waals surface area contributed by atoms with Crippen molar-refractivity contribution in [2.24, 2.45) is 0 Å². The molecule has 2 rings (SSSR count). The molecule has 4 heteroatoms. The minimum absolute atomic E-state index is 0.193. The van der Waals surface area contributed by atoms with Gasteiger partial charge in [-0.3, -0.25) is 9.59 Å². The van der Waals surface area contributed by atoms with E-state index in [1.807, 2.05) is 13.8 Å². The third-order valence-electron chi connectivity index (χ3n) is 2.94. The van der Waals surface area contributed by atoms with Crippen molar-refractivity contribution < 1.29 is 9.59 Å². The zero-order valence-electron chi connectivity index (χ0n) is 11.0. The number of ketones is 2. The monoisotopic (exact) mass is 306 g/mol. The number of hydrogen-bond acceptors (Lipinski definition) is 2. The van der Waals surface area contributed by atoms with E-state index >= 15 is 0 Å². The highest BCUT2D eigenvalue weighted by molar-refractivity contribution is 6.54. The van der Waals surface area contributed by atoms with E-state index in [-0.39, 0.29) is 21.2 Å². The second-order valence-electron chi connectivity index (χ2n) is 4.62. The Balaban J connectivity index is 2.40. The zero-order chi connectivity index (χ0) is 14.9. The molecule has 0 radical (unpaired) electrons. The number of halogens is 2. The van der Waals surface area contributed by atoms with E-state index in [2.05, 4.69) is 0 Å². The lowest BCUT2D eigenvalue weighted by atomic mass is 10.00. The van der Waals surface area contributed by atoms with Gasteiger partial charge in [0.15, 0.2) is 0 Å². The molecule has 0 aliphatic heterocycles. The molecule has 102 valence electrons. The van der Waals surface area contributed by atoms with Gasteiger partial charge < -0.3 is 0 Å². The minimum Gasteiger partial charge on any atom is -0.285 e. The molecule has 0 saturated carbocycles. The van der Waals surface area contributed by atoms with Crippen LogP contribution in [0.25, 0.3) is 0 Å². The largest absolute Gasteiger partial charge is 0.285 e. The van der Waals surface area contributed by atoms with Crippen LogP contribution in [0.15, 0.2) is 36.4 Å². The van der Waals surface area contributed by atoms with Gasteiger partial charge in [0.05, 0.1) is 10.0 Å². The average molecular weight is 307 g/mol. The van der Waals surface area contributed by atoms with Gasteiger partial charge in [0.2, 0.25) is 11.6 Å². The van der Waals surface area contributed by atoms with Crippen molar-refractivity contribution in [1.82, 2.24) is 0 Å². The van der Waals surface area contributed by atoms with Gasteiger partial charge in [0.1, 0.15) is 0 Å². The highest BCUT2D eigenvalue weighted by Crippen LogP contribution is 2.23. The highest BCUT2D eigenvalue weighted by Gasteiger charge is 2.22. The Morgan fingerprint density at radius 2 is 1.10 bits per heavy atom. The maximum Gasteiger partial charge on any atom is 0.235 e. The Bertz CT molecular complexity index is 644. The van der Waals surface area contributed by atoms with Crippen molar-refractivity contribution >= 4 is 34.8 Å². The molecular formula is C16H12Cl2O2. The standard InChI is InChI=1S/C16H12Cl2O2/c1-9-3-5-11(13(17)7-9)15(19)16(20)12-6-4-10(2)8-14(12)18/h3-8H,1-2H3. The first-order chi connectivity index (χ1) is 9.40. The molecule has 0 aliphatic rings. The molecule has 0 fully saturated rings. The third kappa shape index (κ3) is 2.92. The molecule has 0 aromatic heterocycles. The summed E-state index contributed by atoms with van der Waals surface area (Å²) >= 11 is 12.0. The normalized spacial score (nSPS) is 10.4. The summed E-state index contributed by atoms with van der Waals surface area (Å²) in [5.74, 6) is -1.30. The van der Waals surface area contributed by atoms with Crippen LogP contribution in [0.2, 0.25) is 10.0 Å². The van der Waals surface area contributed by atoms with Crippen molar-refractivity contribution in [3.05, 3.63) is 68.7 Å². The van der Waals surface area contributed by atoms with Crippen LogP contribution in [0, 0.1) is 13.8 Å². The van der Waals surface area contributed by atoms with Crippen LogP contribution in [0.1, 0.15) is 31.8 Å². The van der Waals surface area contributed by atoms with Crippen LogP contribution in [-0.4, -0.2) is 11.6 Å². The predicted octanol–water partition coefficient (Wildman–Crippen LogP) is 4.68. The quantitative estimate of drug-likeness (QED) is 0.609. The molecule has 2 aromatic rings. The summed E-state index contributed by atoms with van der Waals surface area (Å²) in [6, 6.07) is 9.89. The summed E-state index contributed by atoms with van der Waals surface area (Å²) < 4.78 is 0. The lowest BCUT2D eigenvalue weighted by Gasteiger charge is -2.06. The van der Waals surface area contributed by atoms with Crippen molar-refractivity contribution in [3.63, 3.8) is 0 Å². The van der Waals surface area contributed by atoms with Gasteiger partial charge in [-0.25, -0.2) is 0 Å². The second kappa shape index (κ2) is 5.78. The Morgan fingerprint density at radius 3 is 1.40 bits per heavy atom. The van der Waals surface area contributed by atoms with Crippen LogP contribution in [0.3, 0.4) is 0 Å². The van der Waals surface area contributed by atoms with Crippen molar-refractivity contribution in [1.29, 1.82) is 0 Å². The molecule has 0 bridgehead atoms. The predicted molar refractivity (Wildman–Crippen MR) is 81.0 cm³/mol. The molecule has 0 saturated heterocycles. The van der Waals surface area contributed by atoms with Gasteiger partial charge in [-0.05, 0) is 49.2 Å². The second-order valence-corrected chi connectivity index (χ2v) is 5.44. The van der Waals surface area contributed by atoms with Crippen LogP contribution in [0.4, 0.5) is 0 Å². The third-order valence-corrected chi connectivity index (χ3v) is 3.57. The molecule has 0 N–H and O–H groups in total. The molecule has 0 spiro atoms. The van der Waals surface area contributed by atoms with Crippen molar-refractivity contribution in [2.45, 2.75) is 13.8 Å². The van der Waals surface area contributed by atoms with Gasteiger partial charge in [-0.1, -0.05) is 35.3 Å². The Labute approximate surface area is 127 Å². The molecule has 0 atom stereocenters. The van der Waals surface area contributed by atoms with Crippen molar-refractivity contribution in [3.8, 4) is 0 Å². The Hall–Kier alpha value is -1.64. The number of Topliss-reactive ketones (excluding diaryl/α,β-unsaturated/α-hetero) is 2. The topological polar surface area (TPSA) is 34.1 Å². The van der Waals surface area contributed by atoms with E-state index < -0.39 is 11.6 Å². The Kier molecular flexibility index (Phi) is 4.26. The van der Waals surface area contributed by atoms with Gasteiger partial charge >= 0.3 is 0 Å². The van der Waals surface area contributed by atoms with E-state index in [1.54, 1.807) is 36.4 Å². The smallest absolute Gasteiger partial charge is 0.235 e. The lowest BCUT2D eigenvalue weighted by molar-refractivity contribution is 0.0817. The first-order valence-electron chi connectivity index (χ1n) is 6.01. The minimum atomic E-state index is -0.652. The summed E-state index contributed by atoms with van der Waals surface area (Å²) in [6.45, 7) is 3.72. The van der Waals surface area contributed by atoms with E-state index in [1.165, 1.54) is 0 Å². The van der Waals surface area contributed by atoms with Crippen LogP contribution >= 0.6 is 23.2 Å². The van der Waals surface area contributed by atoms with Gasteiger partial charge in [-0.15, -0.1) is 0 Å². The molecule has 20 heavy (non-hydrogen) atoms. The average Bonchev–Trinajstić information content (AvgIpc) is 2.37. The number of benzene rings is 2. The molecule has 2 nitrogen and oxygen atoms in total. The lowest BCUT2D eigenvalue weighted by Crippen LogP contribution is -2.15. The number of hydrogen-bond donors (Lipinski definition) is 0. The van der Waals surface area contributed by atoms with Gasteiger partial charge in [0, 0.05) is 11.1 Å².